The van der Waals surface area contributed by atoms with E-state index in [0.717, 1.165) is 77.3 Å². The highest BCUT2D eigenvalue weighted by molar-refractivity contribution is 7.17. The molecule has 2 amide bonds. The van der Waals surface area contributed by atoms with Crippen molar-refractivity contribution in [3.05, 3.63) is 94.6 Å². The number of piperazine rings is 1. The zero-order valence-corrected chi connectivity index (χ0v) is 22.1. The van der Waals surface area contributed by atoms with Crippen molar-refractivity contribution in [3.8, 4) is 0 Å². The van der Waals surface area contributed by atoms with Crippen LogP contribution < -0.4 is 9.80 Å². The predicted molar refractivity (Wildman–Crippen MR) is 152 cm³/mol. The number of carbonyl (C=O) groups is 2. The molecule has 3 aromatic carbocycles. The summed E-state index contributed by atoms with van der Waals surface area (Å²) in [5, 5.41) is 3.15. The molecule has 1 saturated heterocycles. The molecule has 194 valence electrons. The standard InChI is InChI=1S/C31H30FN3O2S/c32-25-20-28(26-11-17-38-29(26)21-25)34-15-13-33(14-16-34)12-10-23-6-7-24-8-9-30(36)35(27(24)18-23)31(37)19-22-4-2-1-3-5-22/h1-7,11,17-18,20-21H,8-10,12-16,19H2. The van der Waals surface area contributed by atoms with Crippen LogP contribution >= 0.6 is 11.3 Å². The second-order valence-corrected chi connectivity index (χ2v) is 11.0. The molecule has 2 aliphatic rings. The van der Waals surface area contributed by atoms with Crippen molar-refractivity contribution < 1.29 is 14.0 Å². The lowest BCUT2D eigenvalue weighted by molar-refractivity contribution is -0.126. The van der Waals surface area contributed by atoms with Gasteiger partial charge in [0.05, 0.1) is 12.1 Å². The van der Waals surface area contributed by atoms with E-state index in [4.69, 9.17) is 0 Å². The molecule has 0 bridgehead atoms. The molecule has 1 aromatic heterocycles. The zero-order chi connectivity index (χ0) is 26.1. The quantitative estimate of drug-likeness (QED) is 0.334. The van der Waals surface area contributed by atoms with Gasteiger partial charge in [0.15, 0.2) is 0 Å². The first-order valence-corrected chi connectivity index (χ1v) is 14.1. The summed E-state index contributed by atoms with van der Waals surface area (Å²) in [5.74, 6) is -0.476. The molecule has 3 heterocycles. The number of imide groups is 1. The van der Waals surface area contributed by atoms with E-state index in [1.807, 2.05) is 41.8 Å². The van der Waals surface area contributed by atoms with Crippen LogP contribution in [0.2, 0.25) is 0 Å². The summed E-state index contributed by atoms with van der Waals surface area (Å²) in [4.78, 5) is 32.1. The summed E-state index contributed by atoms with van der Waals surface area (Å²) in [6.07, 6.45) is 2.09. The minimum atomic E-state index is -0.181. The fourth-order valence-corrected chi connectivity index (χ4v) is 6.41. The van der Waals surface area contributed by atoms with Gasteiger partial charge in [-0.25, -0.2) is 9.29 Å². The number of anilines is 2. The van der Waals surface area contributed by atoms with Gasteiger partial charge in [-0.15, -0.1) is 11.3 Å². The second kappa shape index (κ2) is 10.7. The Kier molecular flexibility index (Phi) is 6.96. The van der Waals surface area contributed by atoms with E-state index in [1.165, 1.54) is 4.90 Å². The Morgan fingerprint density at radius 2 is 1.68 bits per heavy atom. The molecule has 0 atom stereocenters. The van der Waals surface area contributed by atoms with E-state index < -0.39 is 0 Å². The lowest BCUT2D eigenvalue weighted by Gasteiger charge is -2.36. The van der Waals surface area contributed by atoms with Gasteiger partial charge in [-0.2, -0.15) is 0 Å². The summed E-state index contributed by atoms with van der Waals surface area (Å²) in [6, 6.07) is 21.2. The fraction of sp³-hybridized carbons (Fsp3) is 0.290. The first kappa shape index (κ1) is 24.8. The summed E-state index contributed by atoms with van der Waals surface area (Å²) in [6.45, 7) is 4.43. The summed E-state index contributed by atoms with van der Waals surface area (Å²) >= 11 is 1.58. The first-order valence-electron chi connectivity index (χ1n) is 13.2. The maximum atomic E-state index is 14.2. The third-order valence-corrected chi connectivity index (χ3v) is 8.50. The highest BCUT2D eigenvalue weighted by Crippen LogP contribution is 2.33. The molecule has 38 heavy (non-hydrogen) atoms. The number of fused-ring (bicyclic) bond motifs is 2. The Labute approximate surface area is 226 Å². The number of thiophene rings is 1. The third kappa shape index (κ3) is 5.08. The summed E-state index contributed by atoms with van der Waals surface area (Å²) in [5.41, 5.74) is 4.82. The predicted octanol–water partition coefficient (Wildman–Crippen LogP) is 5.45. The number of aryl methyl sites for hydroxylation is 1. The molecule has 1 fully saturated rings. The maximum absolute atomic E-state index is 14.2. The van der Waals surface area contributed by atoms with Crippen molar-refractivity contribution in [1.29, 1.82) is 0 Å². The number of hydrogen-bond donors (Lipinski definition) is 0. The highest BCUT2D eigenvalue weighted by Gasteiger charge is 2.30. The van der Waals surface area contributed by atoms with Gasteiger partial charge < -0.3 is 4.90 Å². The van der Waals surface area contributed by atoms with Gasteiger partial charge in [-0.05, 0) is 59.2 Å². The highest BCUT2D eigenvalue weighted by atomic mass is 32.1. The number of nitrogens with zero attached hydrogens (tertiary/aromatic N) is 3. The molecule has 0 radical (unpaired) electrons. The zero-order valence-electron chi connectivity index (χ0n) is 21.2. The molecule has 5 nitrogen and oxygen atoms in total. The molecular weight excluding hydrogens is 497 g/mol. The minimum Gasteiger partial charge on any atom is -0.368 e. The molecule has 0 unspecified atom stereocenters. The van der Waals surface area contributed by atoms with Gasteiger partial charge in [-0.3, -0.25) is 14.5 Å². The average Bonchev–Trinajstić information content (AvgIpc) is 3.40. The van der Waals surface area contributed by atoms with Crippen LogP contribution in [0.25, 0.3) is 10.1 Å². The second-order valence-electron chi connectivity index (χ2n) is 10.1. The largest absolute Gasteiger partial charge is 0.368 e. The van der Waals surface area contributed by atoms with Crippen LogP contribution in [0.3, 0.4) is 0 Å². The van der Waals surface area contributed by atoms with Crippen molar-refractivity contribution in [2.45, 2.75) is 25.7 Å². The van der Waals surface area contributed by atoms with E-state index in [9.17, 15) is 14.0 Å². The van der Waals surface area contributed by atoms with Gasteiger partial charge in [0.1, 0.15) is 5.82 Å². The van der Waals surface area contributed by atoms with Crippen molar-refractivity contribution in [3.63, 3.8) is 0 Å². The van der Waals surface area contributed by atoms with E-state index in [1.54, 1.807) is 23.5 Å². The molecular formula is C31H30FN3O2S. The van der Waals surface area contributed by atoms with Crippen molar-refractivity contribution >= 4 is 44.6 Å². The Balaban J connectivity index is 1.10. The van der Waals surface area contributed by atoms with Crippen LogP contribution in [0.4, 0.5) is 15.8 Å². The van der Waals surface area contributed by atoms with Crippen LogP contribution in [-0.2, 0) is 28.9 Å². The summed E-state index contributed by atoms with van der Waals surface area (Å²) < 4.78 is 15.2. The van der Waals surface area contributed by atoms with E-state index >= 15 is 0 Å². The average molecular weight is 528 g/mol. The van der Waals surface area contributed by atoms with Crippen LogP contribution in [0.5, 0.6) is 0 Å². The fourth-order valence-electron chi connectivity index (χ4n) is 5.58. The molecule has 7 heteroatoms. The summed E-state index contributed by atoms with van der Waals surface area (Å²) in [7, 11) is 0. The monoisotopic (exact) mass is 527 g/mol. The van der Waals surface area contributed by atoms with Crippen LogP contribution in [-0.4, -0.2) is 49.4 Å². The molecule has 6 rings (SSSR count). The number of benzene rings is 3. The van der Waals surface area contributed by atoms with Crippen LogP contribution in [0.1, 0.15) is 23.1 Å². The van der Waals surface area contributed by atoms with Gasteiger partial charge in [0.2, 0.25) is 11.8 Å². The number of hydrogen-bond acceptors (Lipinski definition) is 5. The van der Waals surface area contributed by atoms with Gasteiger partial charge >= 0.3 is 0 Å². The number of carbonyl (C=O) groups excluding carboxylic acids is 2. The number of rotatable bonds is 6. The van der Waals surface area contributed by atoms with Crippen LogP contribution in [0, 0.1) is 5.82 Å². The van der Waals surface area contributed by atoms with Gasteiger partial charge in [0.25, 0.3) is 0 Å². The minimum absolute atomic E-state index is 0.121. The van der Waals surface area contributed by atoms with Gasteiger partial charge in [-0.1, -0.05) is 42.5 Å². The molecule has 0 N–H and O–H groups in total. The molecule has 2 aliphatic heterocycles. The number of amides is 2. The van der Waals surface area contributed by atoms with Crippen molar-refractivity contribution in [2.24, 2.45) is 0 Å². The SMILES string of the molecule is O=C1CCc2ccc(CCN3CCN(c4cc(F)cc5sccc45)CC3)cc2N1C(=O)Cc1ccccc1. The van der Waals surface area contributed by atoms with E-state index in [2.05, 4.69) is 28.0 Å². The van der Waals surface area contributed by atoms with Crippen molar-refractivity contribution in [2.75, 3.05) is 42.5 Å². The number of halogens is 1. The van der Waals surface area contributed by atoms with E-state index in [-0.39, 0.29) is 24.1 Å². The third-order valence-electron chi connectivity index (χ3n) is 7.64. The molecule has 0 aliphatic carbocycles. The van der Waals surface area contributed by atoms with Crippen LogP contribution in [0.15, 0.2) is 72.1 Å². The topological polar surface area (TPSA) is 43.9 Å². The Hall–Kier alpha value is -3.55. The Morgan fingerprint density at radius 1 is 0.868 bits per heavy atom. The normalized spacial score (nSPS) is 16.2. The van der Waals surface area contributed by atoms with Crippen molar-refractivity contribution in [1.82, 2.24) is 4.90 Å². The smallest absolute Gasteiger partial charge is 0.238 e. The molecule has 0 spiro atoms. The lowest BCUT2D eigenvalue weighted by atomic mass is 9.97. The lowest BCUT2D eigenvalue weighted by Crippen LogP contribution is -2.47. The van der Waals surface area contributed by atoms with Gasteiger partial charge in [0, 0.05) is 54.9 Å². The van der Waals surface area contributed by atoms with E-state index in [0.29, 0.717) is 12.8 Å². The molecule has 4 aromatic rings. The Morgan fingerprint density at radius 3 is 2.50 bits per heavy atom. The molecule has 0 saturated carbocycles. The Bertz CT molecular complexity index is 1480. The maximum Gasteiger partial charge on any atom is 0.238 e. The first-order chi connectivity index (χ1) is 18.5.